The van der Waals surface area contributed by atoms with Gasteiger partial charge in [0.25, 0.3) is 0 Å². The summed E-state index contributed by atoms with van der Waals surface area (Å²) < 4.78 is 5.12. The third-order valence-electron chi connectivity index (χ3n) is 3.30. The number of anilines is 1. The first kappa shape index (κ1) is 12.6. The van der Waals surface area contributed by atoms with E-state index < -0.39 is 0 Å². The van der Waals surface area contributed by atoms with E-state index >= 15 is 0 Å². The van der Waals surface area contributed by atoms with E-state index in [2.05, 4.69) is 37.7 Å². The molecule has 17 heavy (non-hydrogen) atoms. The minimum absolute atomic E-state index is 0.593. The number of alkyl halides is 1. The lowest BCUT2D eigenvalue weighted by molar-refractivity contribution is 0.388. The van der Waals surface area contributed by atoms with Crippen molar-refractivity contribution in [2.24, 2.45) is 5.92 Å². The second kappa shape index (κ2) is 5.67. The van der Waals surface area contributed by atoms with Crippen LogP contribution in [0.4, 0.5) is 5.95 Å². The van der Waals surface area contributed by atoms with Gasteiger partial charge >= 0.3 is 0 Å². The number of hydrogen-bond acceptors (Lipinski definition) is 4. The standard InChI is InChI=1S/C12H18BrN3O/c1-9(13)10-4-7-16(8-5-10)12-14-6-3-11(15-12)17-2/h3,6,9-10H,4-5,7-8H2,1-2H3. The SMILES string of the molecule is COc1ccnc(N2CCC(C(C)Br)CC2)n1. The number of hydrogen-bond donors (Lipinski definition) is 0. The summed E-state index contributed by atoms with van der Waals surface area (Å²) in [6, 6.07) is 1.77. The predicted molar refractivity (Wildman–Crippen MR) is 71.9 cm³/mol. The van der Waals surface area contributed by atoms with Crippen LogP contribution < -0.4 is 9.64 Å². The molecule has 1 aromatic rings. The largest absolute Gasteiger partial charge is 0.481 e. The zero-order chi connectivity index (χ0) is 12.3. The number of rotatable bonds is 3. The molecule has 94 valence electrons. The zero-order valence-electron chi connectivity index (χ0n) is 10.3. The first-order valence-corrected chi connectivity index (χ1v) is 6.88. The molecule has 0 aromatic carbocycles. The zero-order valence-corrected chi connectivity index (χ0v) is 11.9. The van der Waals surface area contributed by atoms with Crippen molar-refractivity contribution in [1.29, 1.82) is 0 Å². The van der Waals surface area contributed by atoms with Gasteiger partial charge in [-0.3, -0.25) is 0 Å². The molecule has 1 saturated heterocycles. The van der Waals surface area contributed by atoms with Crippen LogP contribution in [0.1, 0.15) is 19.8 Å². The number of piperidine rings is 1. The van der Waals surface area contributed by atoms with Crippen molar-refractivity contribution < 1.29 is 4.74 Å². The number of halogens is 1. The Morgan fingerprint density at radius 2 is 2.18 bits per heavy atom. The molecule has 0 aliphatic carbocycles. The molecule has 0 saturated carbocycles. The second-order valence-electron chi connectivity index (χ2n) is 4.40. The van der Waals surface area contributed by atoms with Crippen LogP contribution in [-0.4, -0.2) is 35.0 Å². The van der Waals surface area contributed by atoms with Gasteiger partial charge in [-0.15, -0.1) is 0 Å². The Balaban J connectivity index is 2.00. The Morgan fingerprint density at radius 3 is 2.76 bits per heavy atom. The van der Waals surface area contributed by atoms with E-state index in [1.807, 2.05) is 0 Å². The summed E-state index contributed by atoms with van der Waals surface area (Å²) in [7, 11) is 1.63. The lowest BCUT2D eigenvalue weighted by atomic mass is 9.94. The van der Waals surface area contributed by atoms with Crippen molar-refractivity contribution >= 4 is 21.9 Å². The summed E-state index contributed by atoms with van der Waals surface area (Å²) >= 11 is 3.67. The third kappa shape index (κ3) is 3.09. The Morgan fingerprint density at radius 1 is 1.47 bits per heavy atom. The van der Waals surface area contributed by atoms with E-state index in [0.29, 0.717) is 10.7 Å². The van der Waals surface area contributed by atoms with Crippen LogP contribution in [0.2, 0.25) is 0 Å². The highest BCUT2D eigenvalue weighted by Crippen LogP contribution is 2.26. The summed E-state index contributed by atoms with van der Waals surface area (Å²) in [5.74, 6) is 2.17. The summed E-state index contributed by atoms with van der Waals surface area (Å²) in [6.45, 7) is 4.27. The van der Waals surface area contributed by atoms with E-state index in [1.165, 1.54) is 12.8 Å². The van der Waals surface area contributed by atoms with Gasteiger partial charge in [0.2, 0.25) is 11.8 Å². The molecular weight excluding hydrogens is 282 g/mol. The van der Waals surface area contributed by atoms with E-state index in [4.69, 9.17) is 4.74 Å². The van der Waals surface area contributed by atoms with Crippen LogP contribution in [0.15, 0.2) is 12.3 Å². The maximum atomic E-state index is 5.12. The lowest BCUT2D eigenvalue weighted by Gasteiger charge is -2.33. The van der Waals surface area contributed by atoms with Crippen LogP contribution in [0.25, 0.3) is 0 Å². The van der Waals surface area contributed by atoms with Crippen molar-refractivity contribution in [3.05, 3.63) is 12.3 Å². The average Bonchev–Trinajstić information content (AvgIpc) is 2.39. The molecule has 2 rings (SSSR count). The molecule has 0 spiro atoms. The van der Waals surface area contributed by atoms with Gasteiger partial charge in [-0.25, -0.2) is 4.98 Å². The Kier molecular flexibility index (Phi) is 4.20. The quantitative estimate of drug-likeness (QED) is 0.804. The fraction of sp³-hybridized carbons (Fsp3) is 0.667. The lowest BCUT2D eigenvalue weighted by Crippen LogP contribution is -2.36. The van der Waals surface area contributed by atoms with Crippen molar-refractivity contribution in [1.82, 2.24) is 9.97 Å². The predicted octanol–water partition coefficient (Wildman–Crippen LogP) is 2.49. The topological polar surface area (TPSA) is 38.2 Å². The molecule has 1 fully saturated rings. The average molecular weight is 300 g/mol. The first-order chi connectivity index (χ1) is 8.20. The van der Waals surface area contributed by atoms with Crippen molar-refractivity contribution in [2.75, 3.05) is 25.1 Å². The molecule has 1 aromatic heterocycles. The van der Waals surface area contributed by atoms with Crippen molar-refractivity contribution in [3.8, 4) is 5.88 Å². The highest BCUT2D eigenvalue weighted by atomic mass is 79.9. The summed E-state index contributed by atoms with van der Waals surface area (Å²) in [6.07, 6.45) is 4.13. The molecule has 0 bridgehead atoms. The molecule has 1 atom stereocenters. The molecule has 0 N–H and O–H groups in total. The van der Waals surface area contributed by atoms with Gasteiger partial charge in [0.05, 0.1) is 7.11 Å². The van der Waals surface area contributed by atoms with Crippen LogP contribution in [0.5, 0.6) is 5.88 Å². The monoisotopic (exact) mass is 299 g/mol. The van der Waals surface area contributed by atoms with Gasteiger partial charge in [0.15, 0.2) is 0 Å². The number of methoxy groups -OCH3 is 1. The molecular formula is C12H18BrN3O. The Bertz CT molecular complexity index is 365. The highest BCUT2D eigenvalue weighted by molar-refractivity contribution is 9.09. The molecule has 4 nitrogen and oxygen atoms in total. The fourth-order valence-electron chi connectivity index (χ4n) is 2.16. The van der Waals surface area contributed by atoms with E-state index in [9.17, 15) is 0 Å². The van der Waals surface area contributed by atoms with Gasteiger partial charge in [-0.2, -0.15) is 4.98 Å². The molecule has 2 heterocycles. The first-order valence-electron chi connectivity index (χ1n) is 5.96. The summed E-state index contributed by atoms with van der Waals surface area (Å²) in [5, 5.41) is 0. The normalized spacial score (nSPS) is 19.1. The number of aromatic nitrogens is 2. The smallest absolute Gasteiger partial charge is 0.228 e. The van der Waals surface area contributed by atoms with Crippen LogP contribution in [0.3, 0.4) is 0 Å². The van der Waals surface area contributed by atoms with Crippen LogP contribution in [-0.2, 0) is 0 Å². The van der Waals surface area contributed by atoms with Crippen LogP contribution in [0, 0.1) is 5.92 Å². The molecule has 1 unspecified atom stereocenters. The Hall–Kier alpha value is -0.840. The highest BCUT2D eigenvalue weighted by Gasteiger charge is 2.23. The van der Waals surface area contributed by atoms with Gasteiger partial charge < -0.3 is 9.64 Å². The number of ether oxygens (including phenoxy) is 1. The second-order valence-corrected chi connectivity index (χ2v) is 5.85. The molecule has 0 amide bonds. The van der Waals surface area contributed by atoms with Crippen molar-refractivity contribution in [3.63, 3.8) is 0 Å². The van der Waals surface area contributed by atoms with E-state index in [1.54, 1.807) is 19.4 Å². The van der Waals surface area contributed by atoms with E-state index in [0.717, 1.165) is 25.0 Å². The van der Waals surface area contributed by atoms with Gasteiger partial charge in [-0.05, 0) is 18.8 Å². The fourth-order valence-corrected chi connectivity index (χ4v) is 2.69. The minimum Gasteiger partial charge on any atom is -0.481 e. The maximum Gasteiger partial charge on any atom is 0.228 e. The van der Waals surface area contributed by atoms with Crippen LogP contribution >= 0.6 is 15.9 Å². The van der Waals surface area contributed by atoms with Crippen molar-refractivity contribution in [2.45, 2.75) is 24.6 Å². The molecule has 0 radical (unpaired) electrons. The van der Waals surface area contributed by atoms with Gasteiger partial charge in [0.1, 0.15) is 0 Å². The summed E-state index contributed by atoms with van der Waals surface area (Å²) in [5.41, 5.74) is 0. The maximum absolute atomic E-state index is 5.12. The third-order valence-corrected chi connectivity index (χ3v) is 4.05. The molecule has 1 aliphatic rings. The Labute approximate surface area is 111 Å². The summed E-state index contributed by atoms with van der Waals surface area (Å²) in [4.78, 5) is 11.5. The number of nitrogens with zero attached hydrogens (tertiary/aromatic N) is 3. The van der Waals surface area contributed by atoms with Gasteiger partial charge in [0, 0.05) is 30.2 Å². The van der Waals surface area contributed by atoms with E-state index in [-0.39, 0.29) is 0 Å². The van der Waals surface area contributed by atoms with Gasteiger partial charge in [-0.1, -0.05) is 22.9 Å². The minimum atomic E-state index is 0.593. The molecule has 5 heteroatoms. The molecule has 1 aliphatic heterocycles.